The van der Waals surface area contributed by atoms with Crippen LogP contribution in [0.4, 0.5) is 0 Å². The quantitative estimate of drug-likeness (QED) is 0.278. The zero-order valence-corrected chi connectivity index (χ0v) is 32.3. The van der Waals surface area contributed by atoms with Gasteiger partial charge in [0.2, 0.25) is 5.28 Å². The van der Waals surface area contributed by atoms with Crippen molar-refractivity contribution in [3.63, 3.8) is 0 Å². The molecule has 1 saturated heterocycles. The van der Waals surface area contributed by atoms with Crippen molar-refractivity contribution < 1.29 is 19.4 Å². The second-order valence-corrected chi connectivity index (χ2v) is 19.8. The van der Waals surface area contributed by atoms with Crippen LogP contribution in [0.25, 0.3) is 0 Å². The minimum absolute atomic E-state index is 0.144. The van der Waals surface area contributed by atoms with Crippen molar-refractivity contribution in [2.75, 3.05) is 19.8 Å². The second-order valence-electron chi connectivity index (χ2n) is 19.5. The molecule has 1 aromatic heterocycles. The van der Waals surface area contributed by atoms with Crippen LogP contribution in [0, 0.1) is 62.1 Å². The van der Waals surface area contributed by atoms with Crippen LogP contribution in [0.2, 0.25) is 5.28 Å². The molecule has 4 fully saturated rings. The third-order valence-corrected chi connectivity index (χ3v) is 16.5. The van der Waals surface area contributed by atoms with Crippen LogP contribution in [-0.4, -0.2) is 57.3 Å². The number of ether oxygens (including phenoxy) is 2. The molecule has 0 unspecified atom stereocenters. The van der Waals surface area contributed by atoms with Crippen LogP contribution < -0.4 is 5.73 Å². The number of nitrogens with zero attached hydrogens (tertiary/aromatic N) is 3. The van der Waals surface area contributed by atoms with Crippen LogP contribution in [0.5, 0.6) is 0 Å². The number of carbonyl (C=O) groups is 1. The first-order valence-corrected chi connectivity index (χ1v) is 19.0. The molecule has 270 valence electrons. The van der Waals surface area contributed by atoms with Gasteiger partial charge in [-0.05, 0) is 102 Å². The van der Waals surface area contributed by atoms with Crippen molar-refractivity contribution >= 4 is 17.6 Å². The van der Waals surface area contributed by atoms with Gasteiger partial charge in [-0.1, -0.05) is 80.9 Å². The maximum Gasteiger partial charge on any atom is 0.307 e. The summed E-state index contributed by atoms with van der Waals surface area (Å²) in [5.74, 6) is 0.324. The highest BCUT2D eigenvalue weighted by molar-refractivity contribution is 6.28. The van der Waals surface area contributed by atoms with Gasteiger partial charge in [0.05, 0.1) is 37.9 Å². The Morgan fingerprint density at radius 3 is 2.40 bits per heavy atom. The van der Waals surface area contributed by atoms with Crippen molar-refractivity contribution in [2.24, 2.45) is 67.8 Å². The minimum Gasteiger partial charge on any atom is -0.481 e. The van der Waals surface area contributed by atoms with Crippen LogP contribution in [0.3, 0.4) is 0 Å². The predicted molar refractivity (Wildman–Crippen MR) is 189 cm³/mol. The van der Waals surface area contributed by atoms with E-state index in [0.717, 1.165) is 38.5 Å². The first kappa shape index (κ1) is 36.3. The number of aromatic nitrogens is 3. The lowest BCUT2D eigenvalue weighted by Gasteiger charge is -2.71. The number of carboxylic acids is 1. The molecule has 48 heavy (non-hydrogen) atoms. The van der Waals surface area contributed by atoms with E-state index in [2.05, 4.69) is 92.3 Å². The van der Waals surface area contributed by atoms with Gasteiger partial charge in [-0.3, -0.25) is 4.79 Å². The van der Waals surface area contributed by atoms with Crippen molar-refractivity contribution in [1.82, 2.24) is 14.8 Å². The average Bonchev–Trinajstić information content (AvgIpc) is 3.41. The second kappa shape index (κ2) is 11.5. The molecule has 5 aliphatic rings. The number of rotatable bonds is 7. The van der Waals surface area contributed by atoms with E-state index in [1.54, 1.807) is 6.33 Å². The van der Waals surface area contributed by atoms with Crippen LogP contribution in [0.1, 0.15) is 121 Å². The fraction of sp³-hybridized carbons (Fsp3) is 0.872. The molecule has 1 aromatic rings. The van der Waals surface area contributed by atoms with E-state index in [4.69, 9.17) is 26.8 Å². The van der Waals surface area contributed by atoms with E-state index in [1.807, 2.05) is 4.68 Å². The number of hydrogen-bond donors (Lipinski definition) is 2. The third kappa shape index (κ3) is 4.87. The normalized spacial score (nSPS) is 44.5. The maximum absolute atomic E-state index is 13.4. The molecule has 0 aromatic carbocycles. The number of halogens is 1. The summed E-state index contributed by atoms with van der Waals surface area (Å²) >= 11 is 6.77. The van der Waals surface area contributed by atoms with Gasteiger partial charge in [-0.15, -0.1) is 0 Å². The lowest BCUT2D eigenvalue weighted by molar-refractivity contribution is -0.253. The minimum atomic E-state index is -0.628. The summed E-state index contributed by atoms with van der Waals surface area (Å²) in [6, 6.07) is -0.144. The topological polar surface area (TPSA) is 112 Å². The molecule has 0 spiro atoms. The molecule has 0 amide bonds. The Bertz CT molecular complexity index is 1450. The average molecular weight is 687 g/mol. The van der Waals surface area contributed by atoms with E-state index >= 15 is 0 Å². The zero-order valence-electron chi connectivity index (χ0n) is 31.5. The molecule has 8 nitrogen and oxygen atoms in total. The standard InChI is InChI=1S/C39H63ClN4O4/c1-23(2)24(3)34(7)16-17-36(9)25-12-13-28-35(8)19-47-21-39(28,26(25)14-15-37(36,10)29(34)31(45)46)18-27(44-32(40)42-22-43-44)30(35)48-20-38(11,41)33(4,5)6/h14,22-25,27-30H,12-13,15-21,41H2,1-11H3,(H,45,46)/t24-,25+,27-,28+,29-,30+,34-,35+,36-,37+,38+,39+/m1/s1. The highest BCUT2D eigenvalue weighted by atomic mass is 35.5. The van der Waals surface area contributed by atoms with Crippen LogP contribution >= 0.6 is 11.6 Å². The van der Waals surface area contributed by atoms with E-state index in [-0.39, 0.29) is 50.6 Å². The summed E-state index contributed by atoms with van der Waals surface area (Å²) in [6.45, 7) is 26.4. The molecule has 12 atom stereocenters. The molecular weight excluding hydrogens is 624 g/mol. The predicted octanol–water partition coefficient (Wildman–Crippen LogP) is 8.21. The van der Waals surface area contributed by atoms with E-state index in [9.17, 15) is 9.90 Å². The van der Waals surface area contributed by atoms with E-state index < -0.39 is 17.4 Å². The Morgan fingerprint density at radius 1 is 1.12 bits per heavy atom. The zero-order chi connectivity index (χ0) is 35.5. The Morgan fingerprint density at radius 2 is 1.81 bits per heavy atom. The number of nitrogens with two attached hydrogens (primary N) is 1. The van der Waals surface area contributed by atoms with Crippen molar-refractivity contribution in [2.45, 2.75) is 132 Å². The molecule has 6 rings (SSSR count). The SMILES string of the molecule is CC(C)[C@@H](C)[C@@]1(C)CC[C@]2(C)[C@H]3CC[C@@H]4[C@@]5(COC[C@]4(C)[C@@H](OC[C@](C)(N)C(C)(C)C)[C@H](n4ncnc4Cl)C5)C3=CC[C@@]2(C)[C@@H]1C(=O)O. The van der Waals surface area contributed by atoms with Gasteiger partial charge in [0, 0.05) is 16.4 Å². The number of carboxylic acid groups (broad SMARTS) is 1. The summed E-state index contributed by atoms with van der Waals surface area (Å²) in [5.41, 5.74) is 6.39. The Labute approximate surface area is 294 Å². The molecular formula is C39H63ClN4O4. The van der Waals surface area contributed by atoms with Crippen molar-refractivity contribution in [3.05, 3.63) is 23.3 Å². The van der Waals surface area contributed by atoms with Crippen LogP contribution in [0.15, 0.2) is 18.0 Å². The molecule has 1 aliphatic heterocycles. The Hall–Kier alpha value is -1.48. The first-order chi connectivity index (χ1) is 22.1. The van der Waals surface area contributed by atoms with Gasteiger partial charge in [0.25, 0.3) is 0 Å². The van der Waals surface area contributed by atoms with Gasteiger partial charge in [-0.2, -0.15) is 5.10 Å². The summed E-state index contributed by atoms with van der Waals surface area (Å²) in [4.78, 5) is 17.8. The largest absolute Gasteiger partial charge is 0.481 e. The summed E-state index contributed by atoms with van der Waals surface area (Å²) in [7, 11) is 0. The third-order valence-electron chi connectivity index (χ3n) is 16.2. The van der Waals surface area contributed by atoms with Crippen molar-refractivity contribution in [3.8, 4) is 0 Å². The Balaban J connectivity index is 1.45. The molecule has 0 radical (unpaired) electrons. The van der Waals surface area contributed by atoms with Gasteiger partial charge < -0.3 is 20.3 Å². The maximum atomic E-state index is 13.4. The molecule has 3 N–H and O–H groups in total. The van der Waals surface area contributed by atoms with Gasteiger partial charge in [0.15, 0.2) is 0 Å². The number of hydrogen-bond acceptors (Lipinski definition) is 6. The monoisotopic (exact) mass is 686 g/mol. The smallest absolute Gasteiger partial charge is 0.307 e. The van der Waals surface area contributed by atoms with Gasteiger partial charge in [-0.25, -0.2) is 9.67 Å². The molecule has 2 heterocycles. The summed E-state index contributed by atoms with van der Waals surface area (Å²) in [5, 5.41) is 16.1. The number of aliphatic carboxylic acids is 1. The van der Waals surface area contributed by atoms with E-state index in [1.165, 1.54) is 5.57 Å². The summed E-state index contributed by atoms with van der Waals surface area (Å²) < 4.78 is 15.6. The highest BCUT2D eigenvalue weighted by Gasteiger charge is 2.72. The lowest BCUT2D eigenvalue weighted by atomic mass is 9.34. The molecule has 4 aliphatic carbocycles. The fourth-order valence-electron chi connectivity index (χ4n) is 12.1. The summed E-state index contributed by atoms with van der Waals surface area (Å²) in [6.07, 6.45) is 9.46. The lowest BCUT2D eigenvalue weighted by Crippen LogP contribution is -2.69. The van der Waals surface area contributed by atoms with Gasteiger partial charge in [0.1, 0.15) is 6.33 Å². The highest BCUT2D eigenvalue weighted by Crippen LogP contribution is 2.75. The van der Waals surface area contributed by atoms with Gasteiger partial charge >= 0.3 is 5.97 Å². The molecule has 9 heteroatoms. The molecule has 3 saturated carbocycles. The van der Waals surface area contributed by atoms with E-state index in [0.29, 0.717) is 42.9 Å². The number of allylic oxidation sites excluding steroid dienone is 1. The Kier molecular flexibility index (Phi) is 8.71. The first-order valence-electron chi connectivity index (χ1n) is 18.6. The van der Waals surface area contributed by atoms with Crippen molar-refractivity contribution in [1.29, 1.82) is 0 Å². The number of fused-ring (bicyclic) bond motifs is 3. The van der Waals surface area contributed by atoms with Crippen LogP contribution in [-0.2, 0) is 14.3 Å². The molecule has 2 bridgehead atoms. The fourth-order valence-corrected chi connectivity index (χ4v) is 12.3.